The van der Waals surface area contributed by atoms with Crippen molar-refractivity contribution in [3.05, 3.63) is 89.7 Å². The average Bonchev–Trinajstić information content (AvgIpc) is 3.08. The van der Waals surface area contributed by atoms with E-state index in [0.29, 0.717) is 17.3 Å². The Labute approximate surface area is 139 Å². The molecule has 0 aliphatic rings. The van der Waals surface area contributed by atoms with E-state index in [2.05, 4.69) is 9.97 Å². The number of benzene rings is 1. The summed E-state index contributed by atoms with van der Waals surface area (Å²) in [5.41, 5.74) is 0.301. The molecule has 2 aromatic heterocycles. The maximum atomic E-state index is 11.1. The van der Waals surface area contributed by atoms with Gasteiger partial charge in [-0.25, -0.2) is 4.98 Å². The highest BCUT2D eigenvalue weighted by Crippen LogP contribution is 2.24. The molecular weight excluding hydrogens is 310 g/mol. The van der Waals surface area contributed by atoms with Gasteiger partial charge in [-0.2, -0.15) is 0 Å². The lowest BCUT2D eigenvalue weighted by atomic mass is 9.97. The Morgan fingerprint density at radius 2 is 1.96 bits per heavy atom. The summed E-state index contributed by atoms with van der Waals surface area (Å²) in [6, 6.07) is 12.9. The van der Waals surface area contributed by atoms with Crippen molar-refractivity contribution in [3.63, 3.8) is 0 Å². The summed E-state index contributed by atoms with van der Waals surface area (Å²) in [6.45, 7) is 0.327. The van der Waals surface area contributed by atoms with E-state index in [1.807, 2.05) is 59.3 Å². The van der Waals surface area contributed by atoms with Gasteiger partial charge >= 0.3 is 0 Å². The quantitative estimate of drug-likeness (QED) is 0.780. The third-order valence-electron chi connectivity index (χ3n) is 3.51. The molecule has 4 nitrogen and oxygen atoms in total. The first-order chi connectivity index (χ1) is 11.2. The van der Waals surface area contributed by atoms with E-state index in [1.54, 1.807) is 24.8 Å². The van der Waals surface area contributed by atoms with Crippen molar-refractivity contribution in [2.24, 2.45) is 0 Å². The van der Waals surface area contributed by atoms with Crippen LogP contribution in [0.5, 0.6) is 0 Å². The standard InChI is InChI=1S/C18H16ClN3O/c19-16-6-4-15(5-7-16)8-9-18(23,13-22-12-11-20-14-22)17-3-1-2-10-21-17/h1-12,14,23H,13H2/b9-8-/t18-/m1/s1. The molecule has 3 rings (SSSR count). The molecule has 1 atom stereocenters. The first-order valence-corrected chi connectivity index (χ1v) is 7.58. The molecule has 0 amide bonds. The molecule has 0 bridgehead atoms. The van der Waals surface area contributed by atoms with Gasteiger partial charge in [-0.1, -0.05) is 35.9 Å². The maximum absolute atomic E-state index is 11.1. The van der Waals surface area contributed by atoms with Crippen molar-refractivity contribution in [1.82, 2.24) is 14.5 Å². The predicted octanol–water partition coefficient (Wildman–Crippen LogP) is 3.53. The summed E-state index contributed by atoms with van der Waals surface area (Å²) in [6.07, 6.45) is 10.4. The predicted molar refractivity (Wildman–Crippen MR) is 90.8 cm³/mol. The Hall–Kier alpha value is -2.43. The van der Waals surface area contributed by atoms with Gasteiger partial charge in [0.1, 0.15) is 5.60 Å². The summed E-state index contributed by atoms with van der Waals surface area (Å²) in [5.74, 6) is 0. The highest BCUT2D eigenvalue weighted by molar-refractivity contribution is 6.30. The lowest BCUT2D eigenvalue weighted by Crippen LogP contribution is -2.29. The molecule has 2 heterocycles. The number of imidazole rings is 1. The van der Waals surface area contributed by atoms with Crippen molar-refractivity contribution in [2.45, 2.75) is 12.1 Å². The molecule has 0 unspecified atom stereocenters. The number of nitrogens with zero attached hydrogens (tertiary/aromatic N) is 3. The third kappa shape index (κ3) is 3.86. The van der Waals surface area contributed by atoms with Crippen LogP contribution >= 0.6 is 11.6 Å². The Balaban J connectivity index is 1.93. The summed E-state index contributed by atoms with van der Waals surface area (Å²) in [4.78, 5) is 8.32. The van der Waals surface area contributed by atoms with E-state index in [-0.39, 0.29) is 0 Å². The molecule has 0 saturated heterocycles. The van der Waals surface area contributed by atoms with Crippen LogP contribution in [0.15, 0.2) is 73.5 Å². The van der Waals surface area contributed by atoms with Gasteiger partial charge < -0.3 is 9.67 Å². The lowest BCUT2D eigenvalue weighted by Gasteiger charge is -2.24. The van der Waals surface area contributed by atoms with E-state index in [4.69, 9.17) is 11.6 Å². The van der Waals surface area contributed by atoms with Crippen molar-refractivity contribution < 1.29 is 5.11 Å². The molecular formula is C18H16ClN3O. The zero-order valence-electron chi connectivity index (χ0n) is 12.4. The van der Waals surface area contributed by atoms with E-state index in [0.717, 1.165) is 5.56 Å². The van der Waals surface area contributed by atoms with Gasteiger partial charge in [0, 0.05) is 23.6 Å². The van der Waals surface area contributed by atoms with Gasteiger partial charge in [0.15, 0.2) is 0 Å². The van der Waals surface area contributed by atoms with Gasteiger partial charge in [0.05, 0.1) is 18.6 Å². The number of rotatable bonds is 5. The number of hydrogen-bond donors (Lipinski definition) is 1. The minimum atomic E-state index is -1.23. The zero-order valence-corrected chi connectivity index (χ0v) is 13.1. The van der Waals surface area contributed by atoms with E-state index in [9.17, 15) is 5.11 Å². The van der Waals surface area contributed by atoms with Crippen molar-refractivity contribution in [3.8, 4) is 0 Å². The topological polar surface area (TPSA) is 50.9 Å². The molecule has 1 N–H and O–H groups in total. The second kappa shape index (κ2) is 6.77. The van der Waals surface area contributed by atoms with Crippen LogP contribution in [-0.4, -0.2) is 19.6 Å². The number of halogens is 1. The largest absolute Gasteiger partial charge is 0.377 e. The summed E-state index contributed by atoms with van der Waals surface area (Å²) in [5, 5.41) is 11.8. The van der Waals surface area contributed by atoms with Gasteiger partial charge in [0.2, 0.25) is 0 Å². The monoisotopic (exact) mass is 325 g/mol. The maximum Gasteiger partial charge on any atom is 0.143 e. The highest BCUT2D eigenvalue weighted by atomic mass is 35.5. The Bertz CT molecular complexity index is 770. The molecule has 0 radical (unpaired) electrons. The van der Waals surface area contributed by atoms with Gasteiger partial charge in [-0.15, -0.1) is 0 Å². The molecule has 116 valence electrons. The van der Waals surface area contributed by atoms with Crippen LogP contribution < -0.4 is 0 Å². The number of pyridine rings is 1. The van der Waals surface area contributed by atoms with Crippen LogP contribution in [0.1, 0.15) is 11.3 Å². The normalized spacial score (nSPS) is 14.0. The zero-order chi connectivity index (χ0) is 16.1. The molecule has 0 fully saturated rings. The van der Waals surface area contributed by atoms with Gasteiger partial charge in [0.25, 0.3) is 0 Å². The highest BCUT2D eigenvalue weighted by Gasteiger charge is 2.28. The van der Waals surface area contributed by atoms with Crippen LogP contribution in [0.3, 0.4) is 0 Å². The summed E-state index contributed by atoms with van der Waals surface area (Å²) in [7, 11) is 0. The summed E-state index contributed by atoms with van der Waals surface area (Å²) >= 11 is 5.90. The molecule has 0 aliphatic heterocycles. The molecule has 0 aliphatic carbocycles. The van der Waals surface area contributed by atoms with Crippen LogP contribution in [0.25, 0.3) is 6.08 Å². The van der Waals surface area contributed by atoms with Crippen molar-refractivity contribution in [1.29, 1.82) is 0 Å². The van der Waals surface area contributed by atoms with Crippen molar-refractivity contribution in [2.75, 3.05) is 0 Å². The molecule has 5 heteroatoms. The van der Waals surface area contributed by atoms with E-state index >= 15 is 0 Å². The minimum absolute atomic E-state index is 0.327. The first-order valence-electron chi connectivity index (χ1n) is 7.20. The van der Waals surface area contributed by atoms with Crippen LogP contribution in [-0.2, 0) is 12.1 Å². The number of aliphatic hydroxyl groups is 1. The van der Waals surface area contributed by atoms with Crippen LogP contribution in [0.2, 0.25) is 5.02 Å². The SMILES string of the molecule is O[C@](/C=C\c1ccc(Cl)cc1)(Cn1ccnc1)c1ccccn1. The minimum Gasteiger partial charge on any atom is -0.377 e. The fraction of sp³-hybridized carbons (Fsp3) is 0.111. The second-order valence-corrected chi connectivity index (χ2v) is 5.70. The Morgan fingerprint density at radius 3 is 2.61 bits per heavy atom. The molecule has 0 spiro atoms. The third-order valence-corrected chi connectivity index (χ3v) is 3.76. The fourth-order valence-electron chi connectivity index (χ4n) is 2.30. The Morgan fingerprint density at radius 1 is 1.13 bits per heavy atom. The van der Waals surface area contributed by atoms with Crippen molar-refractivity contribution >= 4 is 17.7 Å². The fourth-order valence-corrected chi connectivity index (χ4v) is 2.43. The van der Waals surface area contributed by atoms with Crippen LogP contribution in [0.4, 0.5) is 0 Å². The lowest BCUT2D eigenvalue weighted by molar-refractivity contribution is 0.0659. The Kier molecular flexibility index (Phi) is 4.55. The smallest absolute Gasteiger partial charge is 0.143 e. The summed E-state index contributed by atoms with van der Waals surface area (Å²) < 4.78 is 1.82. The second-order valence-electron chi connectivity index (χ2n) is 5.26. The van der Waals surface area contributed by atoms with Gasteiger partial charge in [-0.3, -0.25) is 4.98 Å². The number of aromatic nitrogens is 3. The first kappa shape index (κ1) is 15.5. The average molecular weight is 326 g/mol. The number of hydrogen-bond acceptors (Lipinski definition) is 3. The molecule has 3 aromatic rings. The van der Waals surface area contributed by atoms with E-state index in [1.165, 1.54) is 0 Å². The molecule has 1 aromatic carbocycles. The molecule has 23 heavy (non-hydrogen) atoms. The molecule has 0 saturated carbocycles. The van der Waals surface area contributed by atoms with Crippen LogP contribution in [0, 0.1) is 0 Å². The van der Waals surface area contributed by atoms with Gasteiger partial charge in [-0.05, 0) is 35.9 Å². The van der Waals surface area contributed by atoms with E-state index < -0.39 is 5.60 Å².